The zero-order chi connectivity index (χ0) is 13.2. The normalized spacial score (nSPS) is 14.0. The summed E-state index contributed by atoms with van der Waals surface area (Å²) in [5.74, 6) is -0.857. The van der Waals surface area contributed by atoms with Crippen molar-refractivity contribution >= 4 is 17.3 Å². The van der Waals surface area contributed by atoms with Crippen LogP contribution in [0, 0.1) is 0 Å². The molecule has 3 rings (SSSR count). The maximum Gasteiger partial charge on any atom is 0.336 e. The Labute approximate surface area is 111 Å². The van der Waals surface area contributed by atoms with Crippen molar-refractivity contribution in [1.29, 1.82) is 0 Å². The van der Waals surface area contributed by atoms with Crippen LogP contribution >= 0.6 is 0 Å². The van der Waals surface area contributed by atoms with E-state index in [4.69, 9.17) is 0 Å². The largest absolute Gasteiger partial charge is 0.478 e. The third-order valence-corrected chi connectivity index (χ3v) is 3.44. The molecule has 2 aromatic rings. The van der Waals surface area contributed by atoms with Gasteiger partial charge in [-0.05, 0) is 42.7 Å². The van der Waals surface area contributed by atoms with E-state index in [1.165, 1.54) is 0 Å². The molecule has 0 spiro atoms. The van der Waals surface area contributed by atoms with Crippen LogP contribution in [0.4, 0.5) is 11.4 Å². The Kier molecular flexibility index (Phi) is 2.91. The summed E-state index contributed by atoms with van der Waals surface area (Å²) in [6.45, 7) is 0.891. The lowest BCUT2D eigenvalue weighted by molar-refractivity contribution is 0.0695. The molecular formula is C15H14N2O2. The molecule has 4 heteroatoms. The molecule has 0 atom stereocenters. The Morgan fingerprint density at radius 1 is 1.26 bits per heavy atom. The van der Waals surface area contributed by atoms with Crippen LogP contribution in [0.15, 0.2) is 42.7 Å². The first-order valence-electron chi connectivity index (χ1n) is 6.30. The molecule has 1 aromatic heterocycles. The lowest BCUT2D eigenvalue weighted by Crippen LogP contribution is -2.26. The number of carboxylic acid groups (broad SMARTS) is 1. The zero-order valence-electron chi connectivity index (χ0n) is 10.4. The van der Waals surface area contributed by atoms with Crippen LogP contribution < -0.4 is 4.90 Å². The third-order valence-electron chi connectivity index (χ3n) is 3.44. The van der Waals surface area contributed by atoms with E-state index in [0.29, 0.717) is 5.56 Å². The summed E-state index contributed by atoms with van der Waals surface area (Å²) in [6.07, 6.45) is 5.31. The molecule has 0 bridgehead atoms. The minimum absolute atomic E-state index is 0.408. The van der Waals surface area contributed by atoms with Crippen LogP contribution in [-0.2, 0) is 6.42 Å². The van der Waals surface area contributed by atoms with Crippen molar-refractivity contribution < 1.29 is 9.90 Å². The SMILES string of the molecule is O=C(O)c1cccc2c1CCCN2c1cccnc1. The number of rotatable bonds is 2. The monoisotopic (exact) mass is 254 g/mol. The molecule has 0 saturated heterocycles. The van der Waals surface area contributed by atoms with E-state index in [9.17, 15) is 9.90 Å². The molecule has 96 valence electrons. The van der Waals surface area contributed by atoms with Gasteiger partial charge in [0.25, 0.3) is 0 Å². The van der Waals surface area contributed by atoms with Gasteiger partial charge in [-0.15, -0.1) is 0 Å². The first-order chi connectivity index (χ1) is 9.27. The van der Waals surface area contributed by atoms with E-state index < -0.39 is 5.97 Å². The number of carboxylic acids is 1. The molecule has 1 N–H and O–H groups in total. The minimum Gasteiger partial charge on any atom is -0.478 e. The minimum atomic E-state index is -0.857. The molecule has 19 heavy (non-hydrogen) atoms. The van der Waals surface area contributed by atoms with Crippen LogP contribution in [0.3, 0.4) is 0 Å². The summed E-state index contributed by atoms with van der Waals surface area (Å²) in [7, 11) is 0. The molecular weight excluding hydrogens is 240 g/mol. The standard InChI is InChI=1S/C15H14N2O2/c18-15(19)13-5-1-7-14-12(13)6-3-9-17(14)11-4-2-8-16-10-11/h1-2,4-5,7-8,10H,3,6,9H2,(H,18,19). The van der Waals surface area contributed by atoms with Gasteiger partial charge in [-0.25, -0.2) is 4.79 Å². The van der Waals surface area contributed by atoms with Crippen molar-refractivity contribution in [2.45, 2.75) is 12.8 Å². The van der Waals surface area contributed by atoms with Gasteiger partial charge in [-0.2, -0.15) is 0 Å². The number of aromatic nitrogens is 1. The second kappa shape index (κ2) is 4.72. The van der Waals surface area contributed by atoms with Gasteiger partial charge in [0.2, 0.25) is 0 Å². The van der Waals surface area contributed by atoms with Crippen molar-refractivity contribution in [2.24, 2.45) is 0 Å². The van der Waals surface area contributed by atoms with Crippen molar-refractivity contribution in [1.82, 2.24) is 4.98 Å². The highest BCUT2D eigenvalue weighted by Gasteiger charge is 2.22. The molecule has 1 aliphatic rings. The molecule has 0 saturated carbocycles. The molecule has 0 amide bonds. The molecule has 4 nitrogen and oxygen atoms in total. The predicted octanol–water partition coefficient (Wildman–Crippen LogP) is 2.86. The van der Waals surface area contributed by atoms with Gasteiger partial charge >= 0.3 is 5.97 Å². The van der Waals surface area contributed by atoms with E-state index in [1.807, 2.05) is 24.4 Å². The van der Waals surface area contributed by atoms with Gasteiger partial charge in [0.1, 0.15) is 0 Å². The van der Waals surface area contributed by atoms with E-state index >= 15 is 0 Å². The Bertz CT molecular complexity index is 611. The number of nitrogens with zero attached hydrogens (tertiary/aromatic N) is 2. The summed E-state index contributed by atoms with van der Waals surface area (Å²) in [6, 6.07) is 9.35. The van der Waals surface area contributed by atoms with Gasteiger partial charge in [-0.3, -0.25) is 4.98 Å². The predicted molar refractivity (Wildman–Crippen MR) is 73.0 cm³/mol. The van der Waals surface area contributed by atoms with Crippen molar-refractivity contribution in [2.75, 3.05) is 11.4 Å². The maximum atomic E-state index is 11.3. The number of carbonyl (C=O) groups is 1. The molecule has 2 heterocycles. The summed E-state index contributed by atoms with van der Waals surface area (Å²) in [5.41, 5.74) is 3.32. The highest BCUT2D eigenvalue weighted by Crippen LogP contribution is 2.34. The van der Waals surface area contributed by atoms with E-state index in [0.717, 1.165) is 36.3 Å². The lowest BCUT2D eigenvalue weighted by atomic mass is 9.96. The first kappa shape index (κ1) is 11.7. The fourth-order valence-corrected chi connectivity index (χ4v) is 2.61. The van der Waals surface area contributed by atoms with E-state index in [1.54, 1.807) is 18.3 Å². The molecule has 0 fully saturated rings. The number of fused-ring (bicyclic) bond motifs is 1. The first-order valence-corrected chi connectivity index (χ1v) is 6.30. The zero-order valence-corrected chi connectivity index (χ0v) is 10.4. The van der Waals surface area contributed by atoms with E-state index in [-0.39, 0.29) is 0 Å². The molecule has 0 unspecified atom stereocenters. The van der Waals surface area contributed by atoms with Crippen molar-refractivity contribution in [3.8, 4) is 0 Å². The van der Waals surface area contributed by atoms with Gasteiger partial charge < -0.3 is 10.0 Å². The number of anilines is 2. The Hall–Kier alpha value is -2.36. The Morgan fingerprint density at radius 3 is 2.89 bits per heavy atom. The molecule has 0 radical (unpaired) electrons. The van der Waals surface area contributed by atoms with Gasteiger partial charge in [0, 0.05) is 18.4 Å². The molecule has 0 aliphatic carbocycles. The molecule has 1 aromatic carbocycles. The highest BCUT2D eigenvalue weighted by molar-refractivity contribution is 5.92. The van der Waals surface area contributed by atoms with Gasteiger partial charge in [0.05, 0.1) is 17.4 Å². The molecule has 1 aliphatic heterocycles. The van der Waals surface area contributed by atoms with Crippen LogP contribution in [0.25, 0.3) is 0 Å². The van der Waals surface area contributed by atoms with Gasteiger partial charge in [0.15, 0.2) is 0 Å². The third kappa shape index (κ3) is 2.05. The summed E-state index contributed by atoms with van der Waals surface area (Å²) in [5, 5.41) is 9.27. The second-order valence-electron chi connectivity index (χ2n) is 4.57. The van der Waals surface area contributed by atoms with Crippen molar-refractivity contribution in [3.63, 3.8) is 0 Å². The Morgan fingerprint density at radius 2 is 2.16 bits per heavy atom. The van der Waals surface area contributed by atoms with Crippen LogP contribution in [0.1, 0.15) is 22.3 Å². The second-order valence-corrected chi connectivity index (χ2v) is 4.57. The van der Waals surface area contributed by atoms with E-state index in [2.05, 4.69) is 9.88 Å². The maximum absolute atomic E-state index is 11.3. The van der Waals surface area contributed by atoms with Crippen molar-refractivity contribution in [3.05, 3.63) is 53.9 Å². The number of pyridine rings is 1. The fourth-order valence-electron chi connectivity index (χ4n) is 2.61. The Balaban J connectivity index is 2.11. The summed E-state index contributed by atoms with van der Waals surface area (Å²) < 4.78 is 0. The summed E-state index contributed by atoms with van der Waals surface area (Å²) >= 11 is 0. The number of hydrogen-bond donors (Lipinski definition) is 1. The number of hydrogen-bond acceptors (Lipinski definition) is 3. The highest BCUT2D eigenvalue weighted by atomic mass is 16.4. The number of benzene rings is 1. The van der Waals surface area contributed by atoms with Crippen LogP contribution in [-0.4, -0.2) is 22.6 Å². The average molecular weight is 254 g/mol. The average Bonchev–Trinajstić information content (AvgIpc) is 2.46. The quantitative estimate of drug-likeness (QED) is 0.895. The van der Waals surface area contributed by atoms with Gasteiger partial charge in [-0.1, -0.05) is 6.07 Å². The fraction of sp³-hybridized carbons (Fsp3) is 0.200. The summed E-state index contributed by atoms with van der Waals surface area (Å²) in [4.78, 5) is 17.6. The van der Waals surface area contributed by atoms with Crippen LogP contribution in [0.2, 0.25) is 0 Å². The van der Waals surface area contributed by atoms with Crippen LogP contribution in [0.5, 0.6) is 0 Å². The topological polar surface area (TPSA) is 53.4 Å². The lowest BCUT2D eigenvalue weighted by Gasteiger charge is -2.31. The smallest absolute Gasteiger partial charge is 0.336 e. The number of aromatic carboxylic acids is 1.